The quantitative estimate of drug-likeness (QED) is 0.299. The number of ether oxygens (including phenoxy) is 1. The number of phenolic OH excluding ortho intramolecular Hbond substituents is 1. The molecule has 9 nitrogen and oxygen atoms in total. The van der Waals surface area contributed by atoms with E-state index in [1.165, 1.54) is 12.1 Å². The molecule has 22 heavy (non-hydrogen) atoms. The van der Waals surface area contributed by atoms with Crippen molar-refractivity contribution >= 4 is 5.91 Å². The SMILES string of the molecule is O=C(NN[C@@H]1O[C@H](CO)[C@H](O)[C@@H](O)[C@H]1O)c1ccccc1O. The number of aliphatic hydroxyl groups is 4. The molecule has 122 valence electrons. The highest BCUT2D eigenvalue weighted by Crippen LogP contribution is 2.19. The van der Waals surface area contributed by atoms with Crippen molar-refractivity contribution in [2.24, 2.45) is 0 Å². The number of carbonyl (C=O) groups is 1. The fraction of sp³-hybridized carbons (Fsp3) is 0.462. The summed E-state index contributed by atoms with van der Waals surface area (Å²) in [6, 6.07) is 5.84. The number of nitrogens with one attached hydrogen (secondary N) is 2. The Labute approximate surface area is 125 Å². The number of amides is 1. The van der Waals surface area contributed by atoms with E-state index in [4.69, 9.17) is 9.84 Å². The normalized spacial score (nSPS) is 31.7. The van der Waals surface area contributed by atoms with Crippen LogP contribution in [0.15, 0.2) is 24.3 Å². The summed E-state index contributed by atoms with van der Waals surface area (Å²) < 4.78 is 5.15. The first kappa shape index (κ1) is 16.6. The lowest BCUT2D eigenvalue weighted by atomic mass is 9.99. The molecule has 1 aromatic carbocycles. The van der Waals surface area contributed by atoms with Crippen LogP contribution >= 0.6 is 0 Å². The van der Waals surface area contributed by atoms with E-state index in [0.29, 0.717) is 0 Å². The molecular formula is C13H18N2O7. The largest absolute Gasteiger partial charge is 0.507 e. The van der Waals surface area contributed by atoms with Crippen LogP contribution in [-0.4, -0.2) is 68.7 Å². The minimum atomic E-state index is -1.55. The van der Waals surface area contributed by atoms with Gasteiger partial charge in [0.15, 0.2) is 6.23 Å². The Hall–Kier alpha value is -1.75. The molecule has 1 amide bonds. The Bertz CT molecular complexity index is 525. The molecular weight excluding hydrogens is 296 g/mol. The van der Waals surface area contributed by atoms with Crippen LogP contribution in [-0.2, 0) is 4.74 Å². The lowest BCUT2D eigenvalue weighted by Gasteiger charge is -2.40. The van der Waals surface area contributed by atoms with Crippen molar-refractivity contribution in [3.8, 4) is 5.75 Å². The molecule has 1 aliphatic rings. The van der Waals surface area contributed by atoms with Gasteiger partial charge in [-0.05, 0) is 12.1 Å². The second kappa shape index (κ2) is 7.01. The molecule has 0 aliphatic carbocycles. The number of carbonyl (C=O) groups excluding carboxylic acids is 1. The van der Waals surface area contributed by atoms with Crippen molar-refractivity contribution in [2.75, 3.05) is 6.61 Å². The zero-order valence-corrected chi connectivity index (χ0v) is 11.5. The second-order valence-electron chi connectivity index (χ2n) is 4.87. The number of hydrazine groups is 1. The highest BCUT2D eigenvalue weighted by atomic mass is 16.6. The first-order valence-electron chi connectivity index (χ1n) is 6.60. The maximum absolute atomic E-state index is 11.9. The fourth-order valence-electron chi connectivity index (χ4n) is 2.09. The van der Waals surface area contributed by atoms with Gasteiger partial charge in [-0.15, -0.1) is 0 Å². The van der Waals surface area contributed by atoms with Crippen LogP contribution in [0.2, 0.25) is 0 Å². The Morgan fingerprint density at radius 1 is 1.14 bits per heavy atom. The highest BCUT2D eigenvalue weighted by molar-refractivity contribution is 5.96. The number of hydrogen-bond acceptors (Lipinski definition) is 8. The van der Waals surface area contributed by atoms with Gasteiger partial charge in [0.1, 0.15) is 30.2 Å². The summed E-state index contributed by atoms with van der Waals surface area (Å²) in [6.07, 6.45) is -6.89. The van der Waals surface area contributed by atoms with Gasteiger partial charge in [-0.25, -0.2) is 5.43 Å². The van der Waals surface area contributed by atoms with Crippen molar-refractivity contribution in [1.29, 1.82) is 0 Å². The van der Waals surface area contributed by atoms with Crippen molar-refractivity contribution in [3.05, 3.63) is 29.8 Å². The van der Waals surface area contributed by atoms with Gasteiger partial charge >= 0.3 is 0 Å². The van der Waals surface area contributed by atoms with E-state index >= 15 is 0 Å². The molecule has 1 saturated heterocycles. The van der Waals surface area contributed by atoms with E-state index in [2.05, 4.69) is 10.9 Å². The van der Waals surface area contributed by atoms with Crippen molar-refractivity contribution < 1.29 is 35.1 Å². The molecule has 0 aromatic heterocycles. The monoisotopic (exact) mass is 314 g/mol. The number of hydrogen-bond donors (Lipinski definition) is 7. The van der Waals surface area contributed by atoms with Gasteiger partial charge in [0.25, 0.3) is 5.91 Å². The van der Waals surface area contributed by atoms with Gasteiger partial charge < -0.3 is 30.3 Å². The molecule has 1 fully saturated rings. The second-order valence-corrected chi connectivity index (χ2v) is 4.87. The predicted molar refractivity (Wildman–Crippen MR) is 72.5 cm³/mol. The first-order chi connectivity index (χ1) is 10.5. The number of aliphatic hydroxyl groups excluding tert-OH is 4. The van der Waals surface area contributed by atoms with E-state index in [-0.39, 0.29) is 11.3 Å². The lowest BCUT2D eigenvalue weighted by molar-refractivity contribution is -0.238. The molecule has 7 N–H and O–H groups in total. The van der Waals surface area contributed by atoms with Crippen LogP contribution in [0.3, 0.4) is 0 Å². The van der Waals surface area contributed by atoms with Gasteiger partial charge in [0, 0.05) is 0 Å². The Balaban J connectivity index is 1.98. The number of para-hydroxylation sites is 1. The summed E-state index contributed by atoms with van der Waals surface area (Å²) in [5.41, 5.74) is 4.56. The van der Waals surface area contributed by atoms with E-state index in [0.717, 1.165) is 0 Å². The molecule has 9 heteroatoms. The van der Waals surface area contributed by atoms with E-state index in [1.807, 2.05) is 0 Å². The molecule has 0 saturated carbocycles. The van der Waals surface area contributed by atoms with E-state index in [1.54, 1.807) is 12.1 Å². The van der Waals surface area contributed by atoms with Crippen molar-refractivity contribution in [2.45, 2.75) is 30.6 Å². The van der Waals surface area contributed by atoms with Crippen LogP contribution in [0.1, 0.15) is 10.4 Å². The molecule has 5 atom stereocenters. The molecule has 1 heterocycles. The van der Waals surface area contributed by atoms with Gasteiger partial charge in [-0.3, -0.25) is 10.2 Å². The summed E-state index contributed by atoms with van der Waals surface area (Å²) in [6.45, 7) is -0.573. The van der Waals surface area contributed by atoms with Gasteiger partial charge in [-0.1, -0.05) is 12.1 Å². The smallest absolute Gasteiger partial charge is 0.269 e. The molecule has 1 aromatic rings. The van der Waals surface area contributed by atoms with Gasteiger partial charge in [0.05, 0.1) is 12.2 Å². The Kier molecular flexibility index (Phi) is 5.29. The van der Waals surface area contributed by atoms with Crippen LogP contribution in [0.25, 0.3) is 0 Å². The summed E-state index contributed by atoms with van der Waals surface area (Å²) in [5.74, 6) is -0.911. The summed E-state index contributed by atoms with van der Waals surface area (Å²) in [5, 5.41) is 47.6. The van der Waals surface area contributed by atoms with Crippen LogP contribution in [0, 0.1) is 0 Å². The first-order valence-corrected chi connectivity index (χ1v) is 6.60. The standard InChI is InChI=1S/C13H18N2O7/c16-5-8-9(18)10(19)11(20)13(22-8)15-14-12(21)6-3-1-2-4-7(6)17/h1-4,8-11,13,15-20H,5H2,(H,14,21)/t8-,9+,10-,11-,13-/m1/s1. The van der Waals surface area contributed by atoms with Gasteiger partial charge in [-0.2, -0.15) is 0 Å². The van der Waals surface area contributed by atoms with E-state index < -0.39 is 43.2 Å². The number of benzene rings is 1. The molecule has 0 spiro atoms. The summed E-state index contributed by atoms with van der Waals surface area (Å²) in [4.78, 5) is 11.9. The van der Waals surface area contributed by atoms with Crippen LogP contribution < -0.4 is 10.9 Å². The zero-order valence-electron chi connectivity index (χ0n) is 11.5. The summed E-state index contributed by atoms with van der Waals surface area (Å²) >= 11 is 0. The lowest BCUT2D eigenvalue weighted by Crippen LogP contribution is -2.64. The van der Waals surface area contributed by atoms with Gasteiger partial charge in [0.2, 0.25) is 0 Å². The number of rotatable bonds is 4. The van der Waals surface area contributed by atoms with Crippen molar-refractivity contribution in [3.63, 3.8) is 0 Å². The minimum Gasteiger partial charge on any atom is -0.507 e. The molecule has 0 radical (unpaired) electrons. The zero-order chi connectivity index (χ0) is 16.3. The summed E-state index contributed by atoms with van der Waals surface area (Å²) in [7, 11) is 0. The van der Waals surface area contributed by atoms with Crippen LogP contribution in [0.5, 0.6) is 5.75 Å². The minimum absolute atomic E-state index is 0.000379. The third kappa shape index (κ3) is 3.35. The Morgan fingerprint density at radius 2 is 1.82 bits per heavy atom. The fourth-order valence-corrected chi connectivity index (χ4v) is 2.09. The van der Waals surface area contributed by atoms with Crippen LogP contribution in [0.4, 0.5) is 0 Å². The van der Waals surface area contributed by atoms with E-state index in [9.17, 15) is 25.2 Å². The third-order valence-electron chi connectivity index (χ3n) is 3.37. The average Bonchev–Trinajstić information content (AvgIpc) is 2.52. The molecule has 1 aliphatic heterocycles. The molecule has 0 unspecified atom stereocenters. The third-order valence-corrected chi connectivity index (χ3v) is 3.37. The molecule has 2 rings (SSSR count). The molecule has 0 bridgehead atoms. The maximum atomic E-state index is 11.9. The maximum Gasteiger partial charge on any atom is 0.269 e. The topological polar surface area (TPSA) is 152 Å². The number of aromatic hydroxyl groups is 1. The Morgan fingerprint density at radius 3 is 2.45 bits per heavy atom. The predicted octanol–water partition coefficient (Wildman–Crippen LogP) is -2.57. The van der Waals surface area contributed by atoms with Crippen molar-refractivity contribution in [1.82, 2.24) is 10.9 Å². The highest BCUT2D eigenvalue weighted by Gasteiger charge is 2.43. The number of phenols is 1. The average molecular weight is 314 g/mol.